The first-order chi connectivity index (χ1) is 13.3. The number of hydrogen-bond acceptors (Lipinski definition) is 5. The second-order valence-corrected chi connectivity index (χ2v) is 6.25. The largest absolute Gasteiger partial charge is 0.481 e. The van der Waals surface area contributed by atoms with Gasteiger partial charge in [-0.15, -0.1) is 0 Å². The summed E-state index contributed by atoms with van der Waals surface area (Å²) in [5.74, 6) is -5.03. The molecule has 1 amide bonds. The zero-order valence-corrected chi connectivity index (χ0v) is 14.6. The molecule has 1 atom stereocenters. The number of carbonyl (C=O) groups is 2. The van der Waals surface area contributed by atoms with Crippen LogP contribution in [-0.2, 0) is 10.3 Å². The molecule has 3 aromatic rings. The van der Waals surface area contributed by atoms with Gasteiger partial charge in [0.15, 0.2) is 11.6 Å². The number of aromatic nitrogens is 2. The normalized spacial score (nSPS) is 13.0. The zero-order valence-electron chi connectivity index (χ0n) is 14.6. The number of nitrogens with zero attached hydrogens (tertiary/aromatic N) is 2. The highest BCUT2D eigenvalue weighted by atomic mass is 19.2. The Morgan fingerprint density at radius 1 is 1.14 bits per heavy atom. The number of rotatable bonds is 6. The maximum atomic E-state index is 13.9. The van der Waals surface area contributed by atoms with Crippen molar-refractivity contribution in [2.24, 2.45) is 0 Å². The number of carboxylic acids is 1. The molecule has 0 radical (unpaired) electrons. The number of carbonyl (C=O) groups excluding carboxylic acids is 1. The van der Waals surface area contributed by atoms with Crippen molar-refractivity contribution in [3.05, 3.63) is 71.6 Å². The van der Waals surface area contributed by atoms with Crippen molar-refractivity contribution >= 4 is 11.9 Å². The Balaban J connectivity index is 1.88. The van der Waals surface area contributed by atoms with Crippen molar-refractivity contribution in [3.63, 3.8) is 0 Å². The van der Waals surface area contributed by atoms with E-state index in [1.807, 2.05) is 0 Å². The molecule has 0 saturated heterocycles. The van der Waals surface area contributed by atoms with Gasteiger partial charge in [0.25, 0.3) is 17.6 Å². The molecular formula is C19H15F2N3O4. The Labute approximate surface area is 158 Å². The molecule has 1 heterocycles. The molecule has 2 aromatic carbocycles. The van der Waals surface area contributed by atoms with Crippen molar-refractivity contribution in [2.45, 2.75) is 18.9 Å². The van der Waals surface area contributed by atoms with Gasteiger partial charge in [0, 0.05) is 0 Å². The SMILES string of the molecule is C[C@@](CC(=O)O)(NC(=O)c1noc(-c2cccc(F)c2F)n1)c1ccccc1. The molecule has 0 aliphatic heterocycles. The quantitative estimate of drug-likeness (QED) is 0.673. The Hall–Kier alpha value is -3.62. The summed E-state index contributed by atoms with van der Waals surface area (Å²) in [5.41, 5.74) is -0.983. The lowest BCUT2D eigenvalue weighted by Crippen LogP contribution is -2.45. The van der Waals surface area contributed by atoms with Crippen LogP contribution >= 0.6 is 0 Å². The van der Waals surface area contributed by atoms with E-state index in [0.717, 1.165) is 6.07 Å². The Bertz CT molecular complexity index is 1020. The van der Waals surface area contributed by atoms with Crippen LogP contribution in [0.1, 0.15) is 29.5 Å². The van der Waals surface area contributed by atoms with Crippen LogP contribution in [0.2, 0.25) is 0 Å². The van der Waals surface area contributed by atoms with Gasteiger partial charge >= 0.3 is 5.97 Å². The van der Waals surface area contributed by atoms with Crippen molar-refractivity contribution in [1.29, 1.82) is 0 Å². The van der Waals surface area contributed by atoms with E-state index in [1.54, 1.807) is 37.3 Å². The highest BCUT2D eigenvalue weighted by molar-refractivity contribution is 5.91. The average Bonchev–Trinajstić information content (AvgIpc) is 3.14. The second-order valence-electron chi connectivity index (χ2n) is 6.25. The van der Waals surface area contributed by atoms with E-state index in [1.165, 1.54) is 12.1 Å². The molecule has 0 aliphatic rings. The van der Waals surface area contributed by atoms with E-state index in [0.29, 0.717) is 5.56 Å². The first-order valence-electron chi connectivity index (χ1n) is 8.18. The Morgan fingerprint density at radius 2 is 1.86 bits per heavy atom. The molecule has 2 N–H and O–H groups in total. The summed E-state index contributed by atoms with van der Waals surface area (Å²) in [6, 6.07) is 11.9. The molecule has 144 valence electrons. The number of carboxylic acid groups (broad SMARTS) is 1. The smallest absolute Gasteiger partial charge is 0.306 e. The lowest BCUT2D eigenvalue weighted by Gasteiger charge is -2.29. The van der Waals surface area contributed by atoms with Crippen LogP contribution in [0.5, 0.6) is 0 Å². The maximum absolute atomic E-state index is 13.9. The number of benzene rings is 2. The van der Waals surface area contributed by atoms with Gasteiger partial charge in [0.2, 0.25) is 0 Å². The minimum Gasteiger partial charge on any atom is -0.481 e. The molecule has 28 heavy (non-hydrogen) atoms. The average molecular weight is 387 g/mol. The third-order valence-corrected chi connectivity index (χ3v) is 4.12. The van der Waals surface area contributed by atoms with Gasteiger partial charge in [0.05, 0.1) is 17.5 Å². The third kappa shape index (κ3) is 3.88. The van der Waals surface area contributed by atoms with Gasteiger partial charge in [-0.1, -0.05) is 41.6 Å². The van der Waals surface area contributed by atoms with Gasteiger partial charge in [-0.3, -0.25) is 9.59 Å². The third-order valence-electron chi connectivity index (χ3n) is 4.12. The molecule has 7 nitrogen and oxygen atoms in total. The molecule has 1 aromatic heterocycles. The molecular weight excluding hydrogens is 372 g/mol. The molecule has 0 fully saturated rings. The van der Waals surface area contributed by atoms with Gasteiger partial charge in [-0.2, -0.15) is 4.98 Å². The molecule has 0 saturated carbocycles. The molecule has 0 unspecified atom stereocenters. The number of hydrogen-bond donors (Lipinski definition) is 2. The molecule has 0 bridgehead atoms. The van der Waals surface area contributed by atoms with E-state index in [4.69, 9.17) is 4.52 Å². The van der Waals surface area contributed by atoms with Crippen molar-refractivity contribution in [3.8, 4) is 11.5 Å². The van der Waals surface area contributed by atoms with E-state index in [2.05, 4.69) is 15.5 Å². The second kappa shape index (κ2) is 7.55. The van der Waals surface area contributed by atoms with E-state index in [-0.39, 0.29) is 11.5 Å². The van der Waals surface area contributed by atoms with Gasteiger partial charge in [-0.05, 0) is 24.6 Å². The monoisotopic (exact) mass is 387 g/mol. The minimum atomic E-state index is -1.25. The maximum Gasteiger partial charge on any atom is 0.306 e. The van der Waals surface area contributed by atoms with Crippen molar-refractivity contribution in [2.75, 3.05) is 0 Å². The fourth-order valence-electron chi connectivity index (χ4n) is 2.73. The number of aliphatic carboxylic acids is 1. The van der Waals surface area contributed by atoms with Crippen molar-refractivity contribution < 1.29 is 28.0 Å². The molecule has 0 aliphatic carbocycles. The van der Waals surface area contributed by atoms with Crippen LogP contribution in [-0.4, -0.2) is 27.1 Å². The summed E-state index contributed by atoms with van der Waals surface area (Å²) in [6.45, 7) is 1.54. The standard InChI is InChI=1S/C19H15F2N3O4/c1-19(10-14(25)26,11-6-3-2-4-7-11)23-17(27)16-22-18(28-24-16)12-8-5-9-13(20)15(12)21/h2-9H,10H2,1H3,(H,23,27)(H,25,26)/t19-/m0/s1. The zero-order chi connectivity index (χ0) is 20.3. The predicted octanol–water partition coefficient (Wildman–Crippen LogP) is 3.13. The first-order valence-corrected chi connectivity index (χ1v) is 8.18. The van der Waals surface area contributed by atoms with E-state index < -0.39 is 41.3 Å². The predicted molar refractivity (Wildman–Crippen MR) is 93.2 cm³/mol. The summed E-state index contributed by atoms with van der Waals surface area (Å²) in [5, 5.41) is 15.3. The first kappa shape index (κ1) is 19.2. The fraction of sp³-hybridized carbons (Fsp3) is 0.158. The Kier molecular flexibility index (Phi) is 5.16. The van der Waals surface area contributed by atoms with E-state index >= 15 is 0 Å². The van der Waals surface area contributed by atoms with Crippen LogP contribution in [0.25, 0.3) is 11.5 Å². The lowest BCUT2D eigenvalue weighted by atomic mass is 9.88. The van der Waals surface area contributed by atoms with Crippen LogP contribution in [0.15, 0.2) is 53.1 Å². The highest BCUT2D eigenvalue weighted by Gasteiger charge is 2.33. The number of nitrogens with one attached hydrogen (secondary N) is 1. The Morgan fingerprint density at radius 3 is 2.54 bits per heavy atom. The van der Waals surface area contributed by atoms with Crippen LogP contribution in [0.3, 0.4) is 0 Å². The summed E-state index contributed by atoms with van der Waals surface area (Å²) in [7, 11) is 0. The summed E-state index contributed by atoms with van der Waals surface area (Å²) < 4.78 is 32.1. The summed E-state index contributed by atoms with van der Waals surface area (Å²) in [6.07, 6.45) is -0.397. The van der Waals surface area contributed by atoms with Crippen LogP contribution in [0, 0.1) is 11.6 Å². The summed E-state index contributed by atoms with van der Waals surface area (Å²) in [4.78, 5) is 27.6. The molecule has 0 spiro atoms. The summed E-state index contributed by atoms with van der Waals surface area (Å²) >= 11 is 0. The van der Waals surface area contributed by atoms with Gasteiger partial charge in [-0.25, -0.2) is 8.78 Å². The van der Waals surface area contributed by atoms with Gasteiger partial charge in [0.1, 0.15) is 0 Å². The lowest BCUT2D eigenvalue weighted by molar-refractivity contribution is -0.138. The highest BCUT2D eigenvalue weighted by Crippen LogP contribution is 2.26. The fourth-order valence-corrected chi connectivity index (χ4v) is 2.73. The van der Waals surface area contributed by atoms with Gasteiger partial charge < -0.3 is 14.9 Å². The van der Waals surface area contributed by atoms with E-state index in [9.17, 15) is 23.5 Å². The number of amides is 1. The van der Waals surface area contributed by atoms with Crippen LogP contribution < -0.4 is 5.32 Å². The minimum absolute atomic E-state index is 0.289. The molecule has 3 rings (SSSR count). The molecule has 9 heteroatoms. The van der Waals surface area contributed by atoms with Crippen LogP contribution in [0.4, 0.5) is 8.78 Å². The van der Waals surface area contributed by atoms with Crippen molar-refractivity contribution in [1.82, 2.24) is 15.5 Å². The number of halogens is 2. The topological polar surface area (TPSA) is 105 Å².